The summed E-state index contributed by atoms with van der Waals surface area (Å²) >= 11 is 0. The number of rotatable bonds is 8. The van der Waals surface area contributed by atoms with Crippen molar-refractivity contribution in [3.63, 3.8) is 0 Å². The van der Waals surface area contributed by atoms with E-state index in [1.54, 1.807) is 0 Å². The van der Waals surface area contributed by atoms with Crippen molar-refractivity contribution in [3.8, 4) is 16.9 Å². The summed E-state index contributed by atoms with van der Waals surface area (Å²) in [6, 6.07) is 16.4. The first-order chi connectivity index (χ1) is 12.3. The summed E-state index contributed by atoms with van der Waals surface area (Å²) in [5, 5.41) is 10.2. The first kappa shape index (κ1) is 17.6. The van der Waals surface area contributed by atoms with E-state index in [2.05, 4.69) is 31.2 Å². The fraction of sp³-hybridized carbons (Fsp3) is 0.391. The highest BCUT2D eigenvalue weighted by Gasteiger charge is 2.15. The average molecular weight is 336 g/mol. The van der Waals surface area contributed by atoms with Gasteiger partial charge in [0.2, 0.25) is 0 Å². The van der Waals surface area contributed by atoms with Gasteiger partial charge in [-0.25, -0.2) is 0 Å². The molecule has 2 aromatic rings. The van der Waals surface area contributed by atoms with Gasteiger partial charge < -0.3 is 9.84 Å². The van der Waals surface area contributed by atoms with Gasteiger partial charge in [0.05, 0.1) is 6.61 Å². The molecule has 25 heavy (non-hydrogen) atoms. The van der Waals surface area contributed by atoms with E-state index in [1.807, 2.05) is 24.3 Å². The fourth-order valence-electron chi connectivity index (χ4n) is 3.08. The van der Waals surface area contributed by atoms with Crippen molar-refractivity contribution in [1.29, 1.82) is 0 Å². The normalized spacial score (nSPS) is 13.4. The Morgan fingerprint density at radius 3 is 2.08 bits per heavy atom. The molecule has 0 radical (unpaired) electrons. The van der Waals surface area contributed by atoms with Crippen molar-refractivity contribution in [3.05, 3.63) is 59.7 Å². The zero-order chi connectivity index (χ0) is 17.5. The molecule has 1 saturated carbocycles. The number of ether oxygens (including phenoxy) is 1. The topological polar surface area (TPSA) is 29.5 Å². The molecule has 2 heteroatoms. The first-order valence-electron chi connectivity index (χ1n) is 9.52. The molecule has 1 aliphatic rings. The Morgan fingerprint density at radius 2 is 1.52 bits per heavy atom. The summed E-state index contributed by atoms with van der Waals surface area (Å²) in [5.74, 6) is 1.41. The minimum Gasteiger partial charge on any atom is -0.507 e. The zero-order valence-electron chi connectivity index (χ0n) is 15.1. The maximum absolute atomic E-state index is 10.2. The van der Waals surface area contributed by atoms with Crippen LogP contribution in [0, 0.1) is 0 Å². The maximum atomic E-state index is 10.2. The van der Waals surface area contributed by atoms with Crippen LogP contribution in [0.15, 0.2) is 54.1 Å². The number of benzene rings is 2. The smallest absolute Gasteiger partial charge is 0.121 e. The van der Waals surface area contributed by atoms with E-state index in [9.17, 15) is 5.11 Å². The number of allylic oxidation sites excluding steroid dienone is 1. The Labute approximate surface area is 151 Å². The summed E-state index contributed by atoms with van der Waals surface area (Å²) in [6.07, 6.45) is 8.17. The van der Waals surface area contributed by atoms with Crippen LogP contribution in [0.4, 0.5) is 0 Å². The highest BCUT2D eigenvalue weighted by Crippen LogP contribution is 2.32. The molecule has 132 valence electrons. The van der Waals surface area contributed by atoms with E-state index in [1.165, 1.54) is 36.8 Å². The van der Waals surface area contributed by atoms with Crippen molar-refractivity contribution in [1.82, 2.24) is 0 Å². The van der Waals surface area contributed by atoms with E-state index in [0.717, 1.165) is 42.7 Å². The van der Waals surface area contributed by atoms with Crippen molar-refractivity contribution < 1.29 is 9.84 Å². The zero-order valence-corrected chi connectivity index (χ0v) is 15.1. The predicted molar refractivity (Wildman–Crippen MR) is 105 cm³/mol. The standard InChI is InChI=1S/C23H28O2/c1-2-3-4-5-17-25-22-15-13-19(14-16-22)18-9-11-21(12-10-18)23(24)20-7-6-8-20/h9-16,24H,2-8,17H2,1H3. The summed E-state index contributed by atoms with van der Waals surface area (Å²) in [5.41, 5.74) is 4.43. The van der Waals surface area contributed by atoms with Gasteiger partial charge in [0.25, 0.3) is 0 Å². The molecule has 0 saturated heterocycles. The summed E-state index contributed by atoms with van der Waals surface area (Å²) in [7, 11) is 0. The Morgan fingerprint density at radius 1 is 0.880 bits per heavy atom. The lowest BCUT2D eigenvalue weighted by Crippen LogP contribution is -2.01. The third-order valence-electron chi connectivity index (χ3n) is 4.90. The fourth-order valence-corrected chi connectivity index (χ4v) is 3.08. The summed E-state index contributed by atoms with van der Waals surface area (Å²) in [4.78, 5) is 0. The second-order valence-electron chi connectivity index (χ2n) is 6.82. The predicted octanol–water partition coefficient (Wildman–Crippen LogP) is 6.77. The van der Waals surface area contributed by atoms with Crippen molar-refractivity contribution in [2.24, 2.45) is 0 Å². The van der Waals surface area contributed by atoms with E-state index in [-0.39, 0.29) is 0 Å². The van der Waals surface area contributed by atoms with Crippen molar-refractivity contribution in [2.75, 3.05) is 6.61 Å². The molecule has 3 rings (SSSR count). The van der Waals surface area contributed by atoms with Gasteiger partial charge in [-0.2, -0.15) is 0 Å². The van der Waals surface area contributed by atoms with E-state index >= 15 is 0 Å². The summed E-state index contributed by atoms with van der Waals surface area (Å²) in [6.45, 7) is 3.01. The van der Waals surface area contributed by atoms with Gasteiger partial charge in [0.1, 0.15) is 11.5 Å². The molecule has 0 aromatic heterocycles. The monoisotopic (exact) mass is 336 g/mol. The highest BCUT2D eigenvalue weighted by atomic mass is 16.5. The minimum absolute atomic E-state index is 0.477. The average Bonchev–Trinajstić information content (AvgIpc) is 2.61. The Hall–Kier alpha value is -2.22. The molecule has 0 unspecified atom stereocenters. The molecule has 2 aromatic carbocycles. The molecular formula is C23H28O2. The number of aliphatic hydroxyl groups excluding tert-OH is 1. The quantitative estimate of drug-likeness (QED) is 0.426. The van der Waals surface area contributed by atoms with Gasteiger partial charge in [-0.15, -0.1) is 0 Å². The van der Waals surface area contributed by atoms with E-state index < -0.39 is 0 Å². The molecule has 0 heterocycles. The molecule has 0 aliphatic heterocycles. The van der Waals surface area contributed by atoms with Crippen LogP contribution in [0.5, 0.6) is 5.75 Å². The molecule has 0 amide bonds. The van der Waals surface area contributed by atoms with Crippen molar-refractivity contribution >= 4 is 5.76 Å². The number of hydrogen-bond donors (Lipinski definition) is 1. The molecule has 0 spiro atoms. The second-order valence-corrected chi connectivity index (χ2v) is 6.82. The first-order valence-corrected chi connectivity index (χ1v) is 9.52. The van der Waals surface area contributed by atoms with Gasteiger partial charge in [0, 0.05) is 5.56 Å². The lowest BCUT2D eigenvalue weighted by molar-refractivity contribution is 0.305. The SMILES string of the molecule is CCCCCCOc1ccc(-c2ccc(C(O)=C3CCC3)cc2)cc1. The van der Waals surface area contributed by atoms with Crippen LogP contribution in [-0.4, -0.2) is 11.7 Å². The van der Waals surface area contributed by atoms with Crippen LogP contribution in [-0.2, 0) is 0 Å². The number of aliphatic hydroxyl groups is 1. The van der Waals surface area contributed by atoms with Crippen LogP contribution >= 0.6 is 0 Å². The Kier molecular flexibility index (Phi) is 6.16. The third-order valence-corrected chi connectivity index (χ3v) is 4.90. The molecule has 0 atom stereocenters. The molecule has 1 N–H and O–H groups in total. The molecule has 0 bridgehead atoms. The lowest BCUT2D eigenvalue weighted by Gasteiger charge is -2.18. The maximum Gasteiger partial charge on any atom is 0.121 e. The molecule has 2 nitrogen and oxygen atoms in total. The van der Waals surface area contributed by atoms with Gasteiger partial charge >= 0.3 is 0 Å². The summed E-state index contributed by atoms with van der Waals surface area (Å²) < 4.78 is 5.80. The highest BCUT2D eigenvalue weighted by molar-refractivity contribution is 5.69. The number of hydrogen-bond acceptors (Lipinski definition) is 2. The van der Waals surface area contributed by atoms with Gasteiger partial charge in [-0.05, 0) is 54.5 Å². The Bertz CT molecular complexity index is 690. The Balaban J connectivity index is 1.58. The lowest BCUT2D eigenvalue weighted by atomic mass is 9.89. The number of unbranched alkanes of at least 4 members (excludes halogenated alkanes) is 3. The van der Waals surface area contributed by atoms with Crippen molar-refractivity contribution in [2.45, 2.75) is 51.9 Å². The molecular weight excluding hydrogens is 308 g/mol. The second kappa shape index (κ2) is 8.75. The molecule has 1 fully saturated rings. The minimum atomic E-state index is 0.477. The van der Waals surface area contributed by atoms with Crippen LogP contribution in [0.3, 0.4) is 0 Å². The van der Waals surface area contributed by atoms with Crippen LogP contribution in [0.25, 0.3) is 16.9 Å². The van der Waals surface area contributed by atoms with Gasteiger partial charge in [0.15, 0.2) is 0 Å². The van der Waals surface area contributed by atoms with E-state index in [4.69, 9.17) is 4.74 Å². The molecule has 1 aliphatic carbocycles. The third kappa shape index (κ3) is 4.66. The largest absolute Gasteiger partial charge is 0.507 e. The van der Waals surface area contributed by atoms with Crippen LogP contribution < -0.4 is 4.74 Å². The van der Waals surface area contributed by atoms with Crippen LogP contribution in [0.1, 0.15) is 57.4 Å². The van der Waals surface area contributed by atoms with Gasteiger partial charge in [-0.3, -0.25) is 0 Å². The van der Waals surface area contributed by atoms with Gasteiger partial charge in [-0.1, -0.05) is 62.6 Å². The van der Waals surface area contributed by atoms with Crippen LogP contribution in [0.2, 0.25) is 0 Å². The van der Waals surface area contributed by atoms with E-state index in [0.29, 0.717) is 5.76 Å².